The van der Waals surface area contributed by atoms with E-state index in [-0.39, 0.29) is 0 Å². The largest absolute Gasteiger partial charge is 0.423 e. The molecule has 0 aliphatic carbocycles. The summed E-state index contributed by atoms with van der Waals surface area (Å²) in [4.78, 5) is 18.4. The maximum absolute atomic E-state index is 5.90. The lowest BCUT2D eigenvalue weighted by atomic mass is 10.2. The van der Waals surface area contributed by atoms with Gasteiger partial charge in [0.1, 0.15) is 5.52 Å². The van der Waals surface area contributed by atoms with Crippen LogP contribution in [0.3, 0.4) is 0 Å². The predicted molar refractivity (Wildman–Crippen MR) is 107 cm³/mol. The molecule has 1 fully saturated rings. The number of aromatic nitrogens is 5. The Labute approximate surface area is 162 Å². The first-order valence-electron chi connectivity index (χ1n) is 9.36. The third-order valence-electron chi connectivity index (χ3n) is 5.14. The Balaban J connectivity index is 1.35. The predicted octanol–water partition coefficient (Wildman–Crippen LogP) is 2.65. The van der Waals surface area contributed by atoms with Gasteiger partial charge in [0.15, 0.2) is 5.58 Å². The number of anilines is 2. The summed E-state index contributed by atoms with van der Waals surface area (Å²) in [6.45, 7) is 5.27. The molecule has 0 bridgehead atoms. The molecule has 142 valence electrons. The van der Waals surface area contributed by atoms with Crippen LogP contribution < -0.4 is 9.80 Å². The molecule has 0 amide bonds. The number of aryl methyl sites for hydroxylation is 2. The van der Waals surface area contributed by atoms with E-state index in [1.807, 2.05) is 55.2 Å². The van der Waals surface area contributed by atoms with E-state index in [0.29, 0.717) is 6.01 Å². The Kier molecular flexibility index (Phi) is 3.96. The van der Waals surface area contributed by atoms with Gasteiger partial charge in [-0.2, -0.15) is 10.1 Å². The summed E-state index contributed by atoms with van der Waals surface area (Å²) < 4.78 is 7.74. The van der Waals surface area contributed by atoms with Crippen molar-refractivity contribution in [3.63, 3.8) is 0 Å². The van der Waals surface area contributed by atoms with Crippen LogP contribution in [0.25, 0.3) is 22.5 Å². The Bertz CT molecular complexity index is 1090. The van der Waals surface area contributed by atoms with Gasteiger partial charge in [-0.25, -0.2) is 9.97 Å². The summed E-state index contributed by atoms with van der Waals surface area (Å²) in [5.41, 5.74) is 4.67. The van der Waals surface area contributed by atoms with Gasteiger partial charge in [0.2, 0.25) is 5.95 Å². The van der Waals surface area contributed by atoms with E-state index < -0.39 is 0 Å². The van der Waals surface area contributed by atoms with Crippen molar-refractivity contribution in [2.45, 2.75) is 6.92 Å². The number of rotatable bonds is 3. The zero-order valence-corrected chi connectivity index (χ0v) is 15.9. The van der Waals surface area contributed by atoms with Gasteiger partial charge in [-0.15, -0.1) is 0 Å². The van der Waals surface area contributed by atoms with Crippen LogP contribution in [-0.4, -0.2) is 50.9 Å². The molecule has 8 heteroatoms. The number of para-hydroxylation sites is 2. The van der Waals surface area contributed by atoms with Crippen LogP contribution in [-0.2, 0) is 7.05 Å². The Morgan fingerprint density at radius 1 is 0.964 bits per heavy atom. The number of oxazole rings is 1. The van der Waals surface area contributed by atoms with Gasteiger partial charge in [-0.1, -0.05) is 12.1 Å². The average Bonchev–Trinajstić information content (AvgIpc) is 3.35. The molecule has 0 radical (unpaired) electrons. The van der Waals surface area contributed by atoms with Crippen molar-refractivity contribution < 1.29 is 4.42 Å². The number of benzene rings is 1. The number of hydrogen-bond acceptors (Lipinski definition) is 7. The zero-order valence-electron chi connectivity index (χ0n) is 15.9. The smallest absolute Gasteiger partial charge is 0.298 e. The lowest BCUT2D eigenvalue weighted by Gasteiger charge is -2.33. The molecule has 1 aliphatic heterocycles. The summed E-state index contributed by atoms with van der Waals surface area (Å²) in [6, 6.07) is 10.5. The molecule has 1 aliphatic rings. The van der Waals surface area contributed by atoms with E-state index in [0.717, 1.165) is 60.2 Å². The fourth-order valence-electron chi connectivity index (χ4n) is 3.54. The van der Waals surface area contributed by atoms with E-state index in [4.69, 9.17) is 9.40 Å². The van der Waals surface area contributed by atoms with Crippen molar-refractivity contribution in [1.29, 1.82) is 0 Å². The number of fused-ring (bicyclic) bond motifs is 1. The van der Waals surface area contributed by atoms with Crippen molar-refractivity contribution in [2.75, 3.05) is 36.0 Å². The topological polar surface area (TPSA) is 76.1 Å². The summed E-state index contributed by atoms with van der Waals surface area (Å²) in [5, 5.41) is 4.26. The molecule has 28 heavy (non-hydrogen) atoms. The second kappa shape index (κ2) is 6.63. The molecule has 0 saturated carbocycles. The third-order valence-corrected chi connectivity index (χ3v) is 5.14. The zero-order chi connectivity index (χ0) is 19.1. The van der Waals surface area contributed by atoms with Gasteiger partial charge in [-0.3, -0.25) is 4.68 Å². The molecule has 1 aromatic carbocycles. The molecule has 5 rings (SSSR count). The monoisotopic (exact) mass is 375 g/mol. The molecule has 4 aromatic rings. The van der Waals surface area contributed by atoms with E-state index in [2.05, 4.69) is 24.9 Å². The highest BCUT2D eigenvalue weighted by molar-refractivity contribution is 5.74. The van der Waals surface area contributed by atoms with Crippen molar-refractivity contribution >= 4 is 23.1 Å². The standard InChI is InChI=1S/C20H21N7O/c1-14-13-21-19(24-18(14)16-7-8-22-25(16)2)26-9-11-27(12-10-26)20-23-15-5-3-4-6-17(15)28-20/h3-8,13H,9-12H2,1-2H3. The van der Waals surface area contributed by atoms with E-state index in [1.54, 1.807) is 6.20 Å². The second-order valence-electron chi connectivity index (χ2n) is 6.98. The van der Waals surface area contributed by atoms with Gasteiger partial charge >= 0.3 is 0 Å². The van der Waals surface area contributed by atoms with E-state index in [9.17, 15) is 0 Å². The quantitative estimate of drug-likeness (QED) is 0.545. The lowest BCUT2D eigenvalue weighted by Crippen LogP contribution is -2.47. The van der Waals surface area contributed by atoms with Crippen LogP contribution in [0.4, 0.5) is 12.0 Å². The highest BCUT2D eigenvalue weighted by atomic mass is 16.4. The Morgan fingerprint density at radius 2 is 1.75 bits per heavy atom. The van der Waals surface area contributed by atoms with Crippen molar-refractivity contribution in [3.05, 3.63) is 48.3 Å². The SMILES string of the molecule is Cc1cnc(N2CCN(c3nc4ccccc4o3)CC2)nc1-c1ccnn1C. The first-order chi connectivity index (χ1) is 13.7. The molecule has 0 atom stereocenters. The molecule has 3 aromatic heterocycles. The number of piperazine rings is 1. The molecule has 8 nitrogen and oxygen atoms in total. The number of nitrogens with zero attached hydrogens (tertiary/aromatic N) is 7. The molecule has 0 spiro atoms. The summed E-state index contributed by atoms with van der Waals surface area (Å²) in [6.07, 6.45) is 3.67. The first-order valence-corrected chi connectivity index (χ1v) is 9.36. The highest BCUT2D eigenvalue weighted by Gasteiger charge is 2.23. The fourth-order valence-corrected chi connectivity index (χ4v) is 3.54. The third kappa shape index (κ3) is 2.87. The minimum absolute atomic E-state index is 0.682. The van der Waals surface area contributed by atoms with Gasteiger partial charge in [0, 0.05) is 45.6 Å². The molecular weight excluding hydrogens is 354 g/mol. The summed E-state index contributed by atoms with van der Waals surface area (Å²) in [7, 11) is 1.93. The van der Waals surface area contributed by atoms with Crippen LogP contribution in [0.15, 0.2) is 47.1 Å². The van der Waals surface area contributed by atoms with E-state index in [1.165, 1.54) is 0 Å². The first kappa shape index (κ1) is 16.7. The van der Waals surface area contributed by atoms with Crippen molar-refractivity contribution in [2.24, 2.45) is 7.05 Å². The van der Waals surface area contributed by atoms with Gasteiger partial charge < -0.3 is 14.2 Å². The van der Waals surface area contributed by atoms with Gasteiger partial charge in [0.25, 0.3) is 6.01 Å². The molecule has 4 heterocycles. The molecule has 0 N–H and O–H groups in total. The number of hydrogen-bond donors (Lipinski definition) is 0. The lowest BCUT2D eigenvalue weighted by molar-refractivity contribution is 0.539. The van der Waals surface area contributed by atoms with Crippen molar-refractivity contribution in [3.8, 4) is 11.4 Å². The minimum atomic E-state index is 0.682. The Hall–Kier alpha value is -3.42. The minimum Gasteiger partial charge on any atom is -0.423 e. The summed E-state index contributed by atoms with van der Waals surface area (Å²) in [5.74, 6) is 0.749. The molecular formula is C20H21N7O. The molecule has 0 unspecified atom stereocenters. The Morgan fingerprint density at radius 3 is 2.50 bits per heavy atom. The van der Waals surface area contributed by atoms with Crippen LogP contribution in [0.1, 0.15) is 5.56 Å². The van der Waals surface area contributed by atoms with Crippen LogP contribution >= 0.6 is 0 Å². The van der Waals surface area contributed by atoms with E-state index >= 15 is 0 Å². The maximum atomic E-state index is 5.90. The normalized spacial score (nSPS) is 14.8. The van der Waals surface area contributed by atoms with Crippen LogP contribution in [0, 0.1) is 6.92 Å². The van der Waals surface area contributed by atoms with Crippen LogP contribution in [0.5, 0.6) is 0 Å². The second-order valence-corrected chi connectivity index (χ2v) is 6.98. The van der Waals surface area contributed by atoms with Gasteiger partial charge in [0.05, 0.1) is 11.4 Å². The van der Waals surface area contributed by atoms with Crippen LogP contribution in [0.2, 0.25) is 0 Å². The highest BCUT2D eigenvalue weighted by Crippen LogP contribution is 2.25. The van der Waals surface area contributed by atoms with Gasteiger partial charge in [-0.05, 0) is 30.7 Å². The fraction of sp³-hybridized carbons (Fsp3) is 0.300. The average molecular weight is 375 g/mol. The molecule has 1 saturated heterocycles. The summed E-state index contributed by atoms with van der Waals surface area (Å²) >= 11 is 0. The maximum Gasteiger partial charge on any atom is 0.298 e. The van der Waals surface area contributed by atoms with Crippen molar-refractivity contribution in [1.82, 2.24) is 24.7 Å².